The van der Waals surface area contributed by atoms with Crippen molar-refractivity contribution in [3.63, 3.8) is 0 Å². The molecule has 0 amide bonds. The molecular weight excluding hydrogens is 737 g/mol. The maximum Gasteiger partial charge on any atom is 0.200 e. The number of methoxy groups -OCH3 is 1. The fourth-order valence-electron chi connectivity index (χ4n) is 7.53. The van der Waals surface area contributed by atoms with Crippen LogP contribution >= 0.6 is 0 Å². The highest BCUT2D eigenvalue weighted by atomic mass is 16.7. The Balaban J connectivity index is 1.16. The van der Waals surface area contributed by atoms with Gasteiger partial charge in [0.2, 0.25) is 5.79 Å². The van der Waals surface area contributed by atoms with E-state index in [1.165, 1.54) is 16.7 Å². The Bertz CT molecular complexity index is 2060. The Hall–Kier alpha value is -5.12. The Morgan fingerprint density at radius 2 is 0.949 bits per heavy atom. The normalized spacial score (nSPS) is 20.3. The molecule has 1 saturated heterocycles. The van der Waals surface area contributed by atoms with Gasteiger partial charge in [-0.1, -0.05) is 165 Å². The molecule has 0 unspecified atom stereocenters. The third kappa shape index (κ3) is 12.0. The van der Waals surface area contributed by atoms with Crippen LogP contribution in [-0.2, 0) is 67.7 Å². The van der Waals surface area contributed by atoms with Crippen LogP contribution in [-0.4, -0.2) is 50.5 Å². The summed E-state index contributed by atoms with van der Waals surface area (Å²) in [5.74, 6) is -0.517. The molecule has 6 aromatic rings. The van der Waals surface area contributed by atoms with Crippen molar-refractivity contribution in [3.05, 3.63) is 209 Å². The lowest BCUT2D eigenvalue weighted by Crippen LogP contribution is -2.68. The maximum atomic E-state index is 7.13. The molecule has 306 valence electrons. The van der Waals surface area contributed by atoms with Crippen LogP contribution in [0.5, 0.6) is 5.75 Å². The van der Waals surface area contributed by atoms with Gasteiger partial charge in [-0.25, -0.2) is 0 Å². The highest BCUT2D eigenvalue weighted by Crippen LogP contribution is 2.40. The van der Waals surface area contributed by atoms with Crippen LogP contribution in [0, 0.1) is 0 Å². The molecule has 0 saturated carbocycles. The van der Waals surface area contributed by atoms with E-state index >= 15 is 0 Å². The molecule has 7 nitrogen and oxygen atoms in total. The van der Waals surface area contributed by atoms with Crippen molar-refractivity contribution in [2.75, 3.05) is 20.3 Å². The third-order valence-corrected chi connectivity index (χ3v) is 10.8. The van der Waals surface area contributed by atoms with Crippen molar-refractivity contribution in [3.8, 4) is 5.75 Å². The molecule has 5 atom stereocenters. The highest BCUT2D eigenvalue weighted by molar-refractivity contribution is 5.33. The summed E-state index contributed by atoms with van der Waals surface area (Å²) in [5, 5.41) is 0. The van der Waals surface area contributed by atoms with Gasteiger partial charge in [0.25, 0.3) is 0 Å². The van der Waals surface area contributed by atoms with Gasteiger partial charge in [-0.3, -0.25) is 0 Å². The first-order chi connectivity index (χ1) is 29.1. The Morgan fingerprint density at radius 1 is 0.492 bits per heavy atom. The van der Waals surface area contributed by atoms with Crippen molar-refractivity contribution in [1.29, 1.82) is 0 Å². The lowest BCUT2D eigenvalue weighted by atomic mass is 9.89. The quantitative estimate of drug-likeness (QED) is 0.0719. The summed E-state index contributed by atoms with van der Waals surface area (Å²) in [6.45, 7) is 4.13. The number of rotatable bonds is 21. The van der Waals surface area contributed by atoms with E-state index in [9.17, 15) is 0 Å². The predicted octanol–water partition coefficient (Wildman–Crippen LogP) is 10.3. The number of benzene rings is 6. The largest absolute Gasteiger partial charge is 0.493 e. The summed E-state index contributed by atoms with van der Waals surface area (Å²) in [4.78, 5) is 0. The molecule has 1 heterocycles. The van der Waals surface area contributed by atoms with E-state index < -0.39 is 30.2 Å². The number of hydrogen-bond acceptors (Lipinski definition) is 7. The van der Waals surface area contributed by atoms with Gasteiger partial charge in [0, 0.05) is 13.5 Å². The molecule has 0 aliphatic carbocycles. The van der Waals surface area contributed by atoms with Crippen LogP contribution in [0.2, 0.25) is 0 Å². The topological polar surface area (TPSA) is 64.6 Å². The summed E-state index contributed by atoms with van der Waals surface area (Å²) >= 11 is 0. The fourth-order valence-corrected chi connectivity index (χ4v) is 7.53. The molecule has 1 fully saturated rings. The van der Waals surface area contributed by atoms with Gasteiger partial charge in [-0.2, -0.15) is 0 Å². The molecule has 59 heavy (non-hydrogen) atoms. The summed E-state index contributed by atoms with van der Waals surface area (Å²) in [6, 6.07) is 57.7. The third-order valence-electron chi connectivity index (χ3n) is 10.8. The van der Waals surface area contributed by atoms with E-state index in [1.807, 2.05) is 84.9 Å². The Kier molecular flexibility index (Phi) is 15.5. The van der Waals surface area contributed by atoms with Crippen LogP contribution in [0.3, 0.4) is 0 Å². The number of hydrogen-bond donors (Lipinski definition) is 0. The zero-order valence-corrected chi connectivity index (χ0v) is 34.2. The molecule has 0 radical (unpaired) electrons. The van der Waals surface area contributed by atoms with Crippen molar-refractivity contribution in [2.24, 2.45) is 0 Å². The molecule has 1 aliphatic rings. The fraction of sp³-hybridized carbons (Fsp3) is 0.308. The molecule has 0 aromatic heterocycles. The standard InChI is InChI=1S/C52H56O7/c1-3-40-24-26-41(27-25-40)34-42-28-30-47(31-29-42)55-33-32-52(53-2)51(58-38-46-22-14-7-15-23-46)50(57-37-45-20-12-6-13-21-45)49(56-36-44-18-10-5-11-19-44)48(59-52)39-54-35-43-16-8-4-9-17-43/h4-31,48-51H,3,32-39H2,1-2H3/t48-,49-,50+,51-,52+/m1/s1. The first kappa shape index (κ1) is 42.0. The average molecular weight is 793 g/mol. The van der Waals surface area contributed by atoms with Crippen LogP contribution < -0.4 is 4.74 Å². The summed E-state index contributed by atoms with van der Waals surface area (Å²) in [7, 11) is 1.67. The van der Waals surface area contributed by atoms with Crippen molar-refractivity contribution < 1.29 is 33.2 Å². The Labute approximate surface area is 349 Å². The van der Waals surface area contributed by atoms with Gasteiger partial charge in [0.1, 0.15) is 30.2 Å². The first-order valence-electron chi connectivity index (χ1n) is 20.7. The van der Waals surface area contributed by atoms with Gasteiger partial charge in [0.15, 0.2) is 0 Å². The monoisotopic (exact) mass is 792 g/mol. The lowest BCUT2D eigenvalue weighted by molar-refractivity contribution is -0.380. The van der Waals surface area contributed by atoms with E-state index in [-0.39, 0.29) is 6.61 Å². The predicted molar refractivity (Wildman–Crippen MR) is 231 cm³/mol. The average Bonchev–Trinajstić information content (AvgIpc) is 3.29. The minimum absolute atomic E-state index is 0.236. The van der Waals surface area contributed by atoms with Crippen molar-refractivity contribution in [1.82, 2.24) is 0 Å². The maximum absolute atomic E-state index is 7.13. The van der Waals surface area contributed by atoms with Gasteiger partial charge in [-0.15, -0.1) is 0 Å². The summed E-state index contributed by atoms with van der Waals surface area (Å²) in [5.41, 5.74) is 8.01. The van der Waals surface area contributed by atoms with Crippen LogP contribution in [0.4, 0.5) is 0 Å². The summed E-state index contributed by atoms with van der Waals surface area (Å²) < 4.78 is 47.2. The minimum atomic E-state index is -1.28. The van der Waals surface area contributed by atoms with Gasteiger partial charge < -0.3 is 33.2 Å². The van der Waals surface area contributed by atoms with Crippen LogP contribution in [0.15, 0.2) is 170 Å². The second kappa shape index (κ2) is 21.8. The minimum Gasteiger partial charge on any atom is -0.493 e. The van der Waals surface area contributed by atoms with Gasteiger partial charge in [-0.05, 0) is 63.9 Å². The second-order valence-electron chi connectivity index (χ2n) is 15.0. The molecule has 7 heteroatoms. The molecule has 1 aliphatic heterocycles. The number of aryl methyl sites for hydroxylation is 1. The molecule has 7 rings (SSSR count). The van der Waals surface area contributed by atoms with Gasteiger partial charge >= 0.3 is 0 Å². The lowest BCUT2D eigenvalue weighted by Gasteiger charge is -2.52. The van der Waals surface area contributed by atoms with Crippen LogP contribution in [0.1, 0.15) is 52.3 Å². The highest BCUT2D eigenvalue weighted by Gasteiger charge is 2.57. The first-order valence-corrected chi connectivity index (χ1v) is 20.7. The SMILES string of the molecule is CCc1ccc(Cc2ccc(OCC[C@]3(OC)O[C@H](COCc4ccccc4)[C@@H](OCc4ccccc4)[C@H](OCc4ccccc4)[C@H]3OCc3ccccc3)cc2)cc1. The van der Waals surface area contributed by atoms with Crippen LogP contribution in [0.25, 0.3) is 0 Å². The van der Waals surface area contributed by atoms with E-state index in [1.54, 1.807) is 7.11 Å². The molecule has 0 spiro atoms. The van der Waals surface area contributed by atoms with E-state index in [0.29, 0.717) is 39.5 Å². The van der Waals surface area contributed by atoms with E-state index in [2.05, 4.69) is 91.9 Å². The smallest absolute Gasteiger partial charge is 0.200 e. The van der Waals surface area contributed by atoms with E-state index in [4.69, 9.17) is 33.2 Å². The second-order valence-corrected chi connectivity index (χ2v) is 15.0. The molecular formula is C52H56O7. The molecule has 6 aromatic carbocycles. The molecule has 0 N–H and O–H groups in total. The zero-order valence-electron chi connectivity index (χ0n) is 34.2. The van der Waals surface area contributed by atoms with Crippen molar-refractivity contribution >= 4 is 0 Å². The molecule has 0 bridgehead atoms. The van der Waals surface area contributed by atoms with Crippen molar-refractivity contribution in [2.45, 2.75) is 82.8 Å². The zero-order chi connectivity index (χ0) is 40.5. The summed E-state index contributed by atoms with van der Waals surface area (Å²) in [6.07, 6.45) is -0.248. The Morgan fingerprint density at radius 3 is 1.46 bits per heavy atom. The van der Waals surface area contributed by atoms with E-state index in [0.717, 1.165) is 40.8 Å². The number of ether oxygens (including phenoxy) is 7. The van der Waals surface area contributed by atoms with Gasteiger partial charge in [0.05, 0.1) is 39.6 Å².